The van der Waals surface area contributed by atoms with E-state index in [4.69, 9.17) is 4.74 Å². The topological polar surface area (TPSA) is 71.4 Å². The second-order valence-corrected chi connectivity index (χ2v) is 5.63. The number of urea groups is 1. The highest BCUT2D eigenvalue weighted by molar-refractivity contribution is 5.99. The molecule has 0 aliphatic carbocycles. The number of amides is 2. The summed E-state index contributed by atoms with van der Waals surface area (Å²) in [4.78, 5) is 14.2. The number of hydrogen-bond acceptors (Lipinski definition) is 4. The molecule has 1 aliphatic rings. The Morgan fingerprint density at radius 2 is 2.04 bits per heavy atom. The van der Waals surface area contributed by atoms with Crippen LogP contribution >= 0.6 is 0 Å². The molecule has 7 nitrogen and oxygen atoms in total. The molecule has 1 aliphatic heterocycles. The van der Waals surface area contributed by atoms with Crippen LogP contribution in [0.5, 0.6) is 0 Å². The summed E-state index contributed by atoms with van der Waals surface area (Å²) >= 11 is 0. The van der Waals surface area contributed by atoms with Gasteiger partial charge in [-0.2, -0.15) is 5.10 Å². The number of aromatic nitrogens is 2. The molecule has 3 rings (SSSR count). The predicted molar refractivity (Wildman–Crippen MR) is 89.9 cm³/mol. The first-order valence-corrected chi connectivity index (χ1v) is 7.64. The highest BCUT2D eigenvalue weighted by Gasteiger charge is 2.16. The number of carbonyl (C=O) groups is 1. The molecule has 2 N–H and O–H groups in total. The molecule has 0 bridgehead atoms. The lowest BCUT2D eigenvalue weighted by atomic mass is 10.2. The molecule has 2 amide bonds. The molecule has 2 heterocycles. The minimum absolute atomic E-state index is 0.241. The van der Waals surface area contributed by atoms with Gasteiger partial charge in [0.25, 0.3) is 0 Å². The molecule has 0 spiro atoms. The van der Waals surface area contributed by atoms with E-state index in [1.807, 2.05) is 24.3 Å². The molecule has 2 aromatic rings. The third kappa shape index (κ3) is 4.01. The zero-order valence-electron chi connectivity index (χ0n) is 13.3. The summed E-state index contributed by atoms with van der Waals surface area (Å²) in [5, 5.41) is 9.58. The molecule has 122 valence electrons. The van der Waals surface area contributed by atoms with Crippen LogP contribution in [0.3, 0.4) is 0 Å². The van der Waals surface area contributed by atoms with E-state index in [0.717, 1.165) is 31.1 Å². The van der Waals surface area contributed by atoms with Crippen molar-refractivity contribution in [3.8, 4) is 0 Å². The van der Waals surface area contributed by atoms with E-state index in [2.05, 4.69) is 27.6 Å². The number of nitrogens with zero attached hydrogens (tertiary/aromatic N) is 3. The first-order valence-electron chi connectivity index (χ1n) is 7.64. The molecular weight excluding hydrogens is 294 g/mol. The van der Waals surface area contributed by atoms with Gasteiger partial charge in [0, 0.05) is 43.8 Å². The smallest absolute Gasteiger partial charge is 0.324 e. The van der Waals surface area contributed by atoms with Crippen LogP contribution in [0.4, 0.5) is 22.0 Å². The third-order valence-corrected chi connectivity index (χ3v) is 3.69. The highest BCUT2D eigenvalue weighted by atomic mass is 16.5. The van der Waals surface area contributed by atoms with Gasteiger partial charge in [-0.05, 0) is 31.2 Å². The van der Waals surface area contributed by atoms with Gasteiger partial charge < -0.3 is 15.0 Å². The van der Waals surface area contributed by atoms with Crippen molar-refractivity contribution >= 4 is 23.2 Å². The summed E-state index contributed by atoms with van der Waals surface area (Å²) in [7, 11) is 1.80. The van der Waals surface area contributed by atoms with Crippen molar-refractivity contribution in [2.24, 2.45) is 7.05 Å². The van der Waals surface area contributed by atoms with E-state index in [-0.39, 0.29) is 12.1 Å². The van der Waals surface area contributed by atoms with Crippen molar-refractivity contribution in [1.82, 2.24) is 9.78 Å². The molecule has 7 heteroatoms. The summed E-state index contributed by atoms with van der Waals surface area (Å²) < 4.78 is 7.18. The van der Waals surface area contributed by atoms with Crippen molar-refractivity contribution < 1.29 is 9.53 Å². The number of carbonyl (C=O) groups excluding carboxylic acids is 1. The minimum atomic E-state index is -0.309. The largest absolute Gasteiger partial charge is 0.375 e. The molecule has 0 unspecified atom stereocenters. The molecule has 0 saturated carbocycles. The van der Waals surface area contributed by atoms with Crippen molar-refractivity contribution in [3.05, 3.63) is 36.5 Å². The molecule has 1 atom stereocenters. The molecule has 1 aromatic carbocycles. The summed E-state index contributed by atoms with van der Waals surface area (Å²) in [6.45, 7) is 4.59. The fourth-order valence-corrected chi connectivity index (χ4v) is 2.57. The maximum atomic E-state index is 11.9. The molecule has 1 fully saturated rings. The lowest BCUT2D eigenvalue weighted by Crippen LogP contribution is -2.41. The van der Waals surface area contributed by atoms with Crippen molar-refractivity contribution in [2.45, 2.75) is 13.0 Å². The van der Waals surface area contributed by atoms with Crippen LogP contribution in [-0.2, 0) is 11.8 Å². The van der Waals surface area contributed by atoms with Gasteiger partial charge in [-0.1, -0.05) is 0 Å². The number of benzene rings is 1. The number of anilines is 3. The number of morpholine rings is 1. The third-order valence-electron chi connectivity index (χ3n) is 3.69. The number of ether oxygens (including phenoxy) is 1. The van der Waals surface area contributed by atoms with Crippen molar-refractivity contribution in [2.75, 3.05) is 35.2 Å². The van der Waals surface area contributed by atoms with E-state index in [0.29, 0.717) is 5.82 Å². The Balaban J connectivity index is 1.57. The Labute approximate surface area is 135 Å². The lowest BCUT2D eigenvalue weighted by molar-refractivity contribution is 0.0532. The van der Waals surface area contributed by atoms with Gasteiger partial charge in [-0.3, -0.25) is 10.00 Å². The number of aryl methyl sites for hydroxylation is 1. The normalized spacial score (nSPS) is 17.8. The summed E-state index contributed by atoms with van der Waals surface area (Å²) in [6.07, 6.45) is 2.01. The van der Waals surface area contributed by atoms with Gasteiger partial charge in [0.15, 0.2) is 5.82 Å². The van der Waals surface area contributed by atoms with E-state index >= 15 is 0 Å². The second-order valence-electron chi connectivity index (χ2n) is 5.63. The van der Waals surface area contributed by atoms with E-state index < -0.39 is 0 Å². The van der Waals surface area contributed by atoms with Crippen molar-refractivity contribution in [3.63, 3.8) is 0 Å². The zero-order valence-corrected chi connectivity index (χ0v) is 13.3. The van der Waals surface area contributed by atoms with E-state index in [1.165, 1.54) is 0 Å². The first kappa shape index (κ1) is 15.4. The number of hydrogen-bond donors (Lipinski definition) is 2. The second kappa shape index (κ2) is 6.70. The van der Waals surface area contributed by atoms with Crippen molar-refractivity contribution in [1.29, 1.82) is 0 Å². The number of nitrogens with one attached hydrogen (secondary N) is 2. The summed E-state index contributed by atoms with van der Waals surface area (Å²) in [6, 6.07) is 9.24. The summed E-state index contributed by atoms with van der Waals surface area (Å²) in [5.74, 6) is 0.518. The Kier molecular flexibility index (Phi) is 4.47. The molecular formula is C16H21N5O2. The van der Waals surface area contributed by atoms with Gasteiger partial charge in [0.2, 0.25) is 0 Å². The van der Waals surface area contributed by atoms with Gasteiger partial charge in [0.1, 0.15) is 0 Å². The Morgan fingerprint density at radius 3 is 2.70 bits per heavy atom. The summed E-state index contributed by atoms with van der Waals surface area (Å²) in [5.41, 5.74) is 1.87. The van der Waals surface area contributed by atoms with Crippen LogP contribution < -0.4 is 15.5 Å². The zero-order chi connectivity index (χ0) is 16.2. The molecule has 1 aromatic heterocycles. The van der Waals surface area contributed by atoms with Gasteiger partial charge >= 0.3 is 6.03 Å². The van der Waals surface area contributed by atoms with Crippen LogP contribution in [0.25, 0.3) is 0 Å². The molecule has 0 radical (unpaired) electrons. The number of rotatable bonds is 3. The maximum absolute atomic E-state index is 11.9. The standard InChI is InChI=1S/C16H21N5O2/c1-12-11-21(9-10-23-12)14-5-3-13(4-6-14)17-16(22)18-15-7-8-20(2)19-15/h3-8,12H,9-11H2,1-2H3,(H2,17,18,19,22)/t12-/m0/s1. The fraction of sp³-hybridized carbons (Fsp3) is 0.375. The Bertz CT molecular complexity index is 667. The van der Waals surface area contributed by atoms with Crippen LogP contribution in [0.15, 0.2) is 36.5 Å². The lowest BCUT2D eigenvalue weighted by Gasteiger charge is -2.33. The minimum Gasteiger partial charge on any atom is -0.375 e. The van der Waals surface area contributed by atoms with Crippen LogP contribution in [-0.4, -0.2) is 41.6 Å². The van der Waals surface area contributed by atoms with E-state index in [9.17, 15) is 4.79 Å². The Morgan fingerprint density at radius 1 is 1.26 bits per heavy atom. The quantitative estimate of drug-likeness (QED) is 0.911. The molecule has 23 heavy (non-hydrogen) atoms. The van der Waals surface area contributed by atoms with Gasteiger partial charge in [-0.25, -0.2) is 4.79 Å². The first-order chi connectivity index (χ1) is 11.1. The van der Waals surface area contributed by atoms with E-state index in [1.54, 1.807) is 24.0 Å². The van der Waals surface area contributed by atoms with Crippen LogP contribution in [0.1, 0.15) is 6.92 Å². The predicted octanol–water partition coefficient (Wildman–Crippen LogP) is 2.29. The molecule has 1 saturated heterocycles. The van der Waals surface area contributed by atoms with Gasteiger partial charge in [-0.15, -0.1) is 0 Å². The average molecular weight is 315 g/mol. The van der Waals surface area contributed by atoms with Crippen LogP contribution in [0.2, 0.25) is 0 Å². The fourth-order valence-electron chi connectivity index (χ4n) is 2.57. The highest BCUT2D eigenvalue weighted by Crippen LogP contribution is 2.20. The van der Waals surface area contributed by atoms with Crippen LogP contribution in [0, 0.1) is 0 Å². The SMILES string of the molecule is C[C@H]1CN(c2ccc(NC(=O)Nc3ccn(C)n3)cc2)CCO1. The average Bonchev–Trinajstić information content (AvgIpc) is 2.93. The Hall–Kier alpha value is -2.54. The maximum Gasteiger partial charge on any atom is 0.324 e. The monoisotopic (exact) mass is 315 g/mol. The van der Waals surface area contributed by atoms with Gasteiger partial charge in [0.05, 0.1) is 12.7 Å².